The van der Waals surface area contributed by atoms with Crippen LogP contribution in [0.3, 0.4) is 0 Å². The fourth-order valence-corrected chi connectivity index (χ4v) is 2.46. The molecular formula is C15H22INO. The molecule has 18 heavy (non-hydrogen) atoms. The number of amides is 1. The molecule has 0 aromatic heterocycles. The molecule has 0 radical (unpaired) electrons. The molecule has 0 fully saturated rings. The second kappa shape index (κ2) is 8.51. The van der Waals surface area contributed by atoms with E-state index in [2.05, 4.69) is 41.8 Å². The van der Waals surface area contributed by atoms with Gasteiger partial charge in [-0.25, -0.2) is 0 Å². The van der Waals surface area contributed by atoms with Crippen molar-refractivity contribution >= 4 is 28.5 Å². The minimum absolute atomic E-state index is 0.0449. The van der Waals surface area contributed by atoms with Crippen molar-refractivity contribution in [2.75, 3.05) is 6.54 Å². The van der Waals surface area contributed by atoms with Gasteiger partial charge in [-0.15, -0.1) is 0 Å². The summed E-state index contributed by atoms with van der Waals surface area (Å²) in [5.74, 6) is 0.653. The molecule has 1 atom stereocenters. The van der Waals surface area contributed by atoms with Crippen molar-refractivity contribution in [3.8, 4) is 0 Å². The first-order valence-electron chi connectivity index (χ1n) is 6.71. The van der Waals surface area contributed by atoms with Gasteiger partial charge in [0.2, 0.25) is 0 Å². The highest BCUT2D eigenvalue weighted by atomic mass is 127. The van der Waals surface area contributed by atoms with E-state index >= 15 is 0 Å². The first-order valence-corrected chi connectivity index (χ1v) is 7.79. The molecule has 0 spiro atoms. The van der Waals surface area contributed by atoms with Gasteiger partial charge in [0, 0.05) is 15.7 Å². The van der Waals surface area contributed by atoms with E-state index in [1.165, 1.54) is 19.3 Å². The van der Waals surface area contributed by atoms with Crippen LogP contribution in [-0.2, 0) is 0 Å². The molecule has 0 saturated heterocycles. The van der Waals surface area contributed by atoms with Crippen LogP contribution in [0, 0.1) is 9.49 Å². The number of benzene rings is 1. The van der Waals surface area contributed by atoms with Crippen LogP contribution in [-0.4, -0.2) is 12.5 Å². The standard InChI is InChI=1S/C15H22INO/c1-3-5-7-12(4-2)11-17-15(18)13-8-6-9-14(16)10-13/h6,8-10,12H,3-5,7,11H2,1-2H3,(H,17,18)/t12-/m0/s1. The van der Waals surface area contributed by atoms with E-state index in [9.17, 15) is 4.79 Å². The minimum Gasteiger partial charge on any atom is -0.352 e. The Morgan fingerprint density at radius 2 is 2.17 bits per heavy atom. The molecular weight excluding hydrogens is 337 g/mol. The summed E-state index contributed by atoms with van der Waals surface area (Å²) in [5, 5.41) is 3.04. The largest absolute Gasteiger partial charge is 0.352 e. The van der Waals surface area contributed by atoms with Gasteiger partial charge in [-0.2, -0.15) is 0 Å². The van der Waals surface area contributed by atoms with E-state index in [0.29, 0.717) is 5.92 Å². The van der Waals surface area contributed by atoms with Crippen molar-refractivity contribution in [2.24, 2.45) is 5.92 Å². The number of unbranched alkanes of at least 4 members (excludes halogenated alkanes) is 1. The van der Waals surface area contributed by atoms with Crippen molar-refractivity contribution in [3.05, 3.63) is 33.4 Å². The van der Waals surface area contributed by atoms with E-state index in [4.69, 9.17) is 0 Å². The fourth-order valence-electron chi connectivity index (χ4n) is 1.91. The van der Waals surface area contributed by atoms with E-state index < -0.39 is 0 Å². The molecule has 0 unspecified atom stereocenters. The molecule has 1 aromatic carbocycles. The number of rotatable bonds is 7. The molecule has 2 nitrogen and oxygen atoms in total. The van der Waals surface area contributed by atoms with Crippen LogP contribution < -0.4 is 5.32 Å². The SMILES string of the molecule is CCCC[C@H](CC)CNC(=O)c1cccc(I)c1. The highest BCUT2D eigenvalue weighted by Crippen LogP contribution is 2.12. The molecule has 100 valence electrons. The van der Waals surface area contributed by atoms with Gasteiger partial charge in [-0.3, -0.25) is 4.79 Å². The Balaban J connectivity index is 2.44. The van der Waals surface area contributed by atoms with E-state index in [1.54, 1.807) is 0 Å². The average molecular weight is 359 g/mol. The third-order valence-electron chi connectivity index (χ3n) is 3.18. The van der Waals surface area contributed by atoms with E-state index in [-0.39, 0.29) is 5.91 Å². The zero-order valence-electron chi connectivity index (χ0n) is 11.2. The van der Waals surface area contributed by atoms with Gasteiger partial charge in [0.05, 0.1) is 0 Å². The zero-order chi connectivity index (χ0) is 13.4. The molecule has 1 rings (SSSR count). The van der Waals surface area contributed by atoms with Gasteiger partial charge >= 0.3 is 0 Å². The maximum atomic E-state index is 12.0. The van der Waals surface area contributed by atoms with Crippen molar-refractivity contribution in [2.45, 2.75) is 39.5 Å². The van der Waals surface area contributed by atoms with Crippen LogP contribution >= 0.6 is 22.6 Å². The van der Waals surface area contributed by atoms with Gasteiger partial charge < -0.3 is 5.32 Å². The third kappa shape index (κ3) is 5.38. The average Bonchev–Trinajstić information content (AvgIpc) is 2.38. The Labute approximate surface area is 124 Å². The predicted molar refractivity (Wildman–Crippen MR) is 84.8 cm³/mol. The van der Waals surface area contributed by atoms with Crippen molar-refractivity contribution in [3.63, 3.8) is 0 Å². The number of carbonyl (C=O) groups excluding carboxylic acids is 1. The fraction of sp³-hybridized carbons (Fsp3) is 0.533. The molecule has 1 aromatic rings. The summed E-state index contributed by atoms with van der Waals surface area (Å²) in [6.07, 6.45) is 4.81. The van der Waals surface area contributed by atoms with Crippen LogP contribution in [0.15, 0.2) is 24.3 Å². The highest BCUT2D eigenvalue weighted by Gasteiger charge is 2.09. The number of nitrogens with one attached hydrogen (secondary N) is 1. The Kier molecular flexibility index (Phi) is 7.32. The van der Waals surface area contributed by atoms with Crippen LogP contribution in [0.25, 0.3) is 0 Å². The first-order chi connectivity index (χ1) is 8.67. The molecule has 0 aliphatic carbocycles. The third-order valence-corrected chi connectivity index (χ3v) is 3.85. The quantitative estimate of drug-likeness (QED) is 0.725. The molecule has 3 heteroatoms. The van der Waals surface area contributed by atoms with Crippen molar-refractivity contribution in [1.82, 2.24) is 5.32 Å². The first kappa shape index (κ1) is 15.5. The Bertz CT molecular complexity index is 379. The highest BCUT2D eigenvalue weighted by molar-refractivity contribution is 14.1. The maximum Gasteiger partial charge on any atom is 0.251 e. The smallest absolute Gasteiger partial charge is 0.251 e. The van der Waals surface area contributed by atoms with Crippen LogP contribution in [0.4, 0.5) is 0 Å². The maximum absolute atomic E-state index is 12.0. The molecule has 0 aliphatic rings. The lowest BCUT2D eigenvalue weighted by Crippen LogP contribution is -2.29. The molecule has 1 amide bonds. The number of hydrogen-bond donors (Lipinski definition) is 1. The van der Waals surface area contributed by atoms with Crippen molar-refractivity contribution in [1.29, 1.82) is 0 Å². The lowest BCUT2D eigenvalue weighted by Gasteiger charge is -2.15. The second-order valence-electron chi connectivity index (χ2n) is 4.64. The van der Waals surface area contributed by atoms with Gasteiger partial charge in [0.25, 0.3) is 5.91 Å². The van der Waals surface area contributed by atoms with E-state index in [0.717, 1.165) is 22.1 Å². The number of hydrogen-bond acceptors (Lipinski definition) is 1. The summed E-state index contributed by atoms with van der Waals surface area (Å²) >= 11 is 2.23. The Hall–Kier alpha value is -0.580. The van der Waals surface area contributed by atoms with Crippen LogP contribution in [0.1, 0.15) is 49.9 Å². The van der Waals surface area contributed by atoms with Gasteiger partial charge in [-0.1, -0.05) is 39.2 Å². The monoisotopic (exact) mass is 359 g/mol. The summed E-state index contributed by atoms with van der Waals surface area (Å²) < 4.78 is 1.10. The van der Waals surface area contributed by atoms with E-state index in [1.807, 2.05) is 24.3 Å². The summed E-state index contributed by atoms with van der Waals surface area (Å²) in [7, 11) is 0. The molecule has 1 N–H and O–H groups in total. The molecule has 0 saturated carbocycles. The molecule has 0 aliphatic heterocycles. The summed E-state index contributed by atoms with van der Waals surface area (Å²) in [5.41, 5.74) is 0.757. The van der Waals surface area contributed by atoms with Crippen molar-refractivity contribution < 1.29 is 4.79 Å². The minimum atomic E-state index is 0.0449. The lowest BCUT2D eigenvalue weighted by atomic mass is 9.99. The Morgan fingerprint density at radius 3 is 2.78 bits per heavy atom. The van der Waals surface area contributed by atoms with Gasteiger partial charge in [0.15, 0.2) is 0 Å². The predicted octanol–water partition coefficient (Wildman–Crippen LogP) is 4.24. The zero-order valence-corrected chi connectivity index (χ0v) is 13.4. The normalized spacial score (nSPS) is 12.2. The van der Waals surface area contributed by atoms with Gasteiger partial charge in [-0.05, 0) is 53.1 Å². The molecule has 0 heterocycles. The summed E-state index contributed by atoms with van der Waals surface area (Å²) in [6.45, 7) is 5.19. The number of halogens is 1. The van der Waals surface area contributed by atoms with Crippen LogP contribution in [0.5, 0.6) is 0 Å². The lowest BCUT2D eigenvalue weighted by molar-refractivity contribution is 0.0945. The van der Waals surface area contributed by atoms with Crippen LogP contribution in [0.2, 0.25) is 0 Å². The summed E-state index contributed by atoms with van der Waals surface area (Å²) in [4.78, 5) is 12.0. The topological polar surface area (TPSA) is 29.1 Å². The number of carbonyl (C=O) groups is 1. The second-order valence-corrected chi connectivity index (χ2v) is 5.88. The molecule has 0 bridgehead atoms. The summed E-state index contributed by atoms with van der Waals surface area (Å²) in [6, 6.07) is 7.70. The Morgan fingerprint density at radius 1 is 1.39 bits per heavy atom. The van der Waals surface area contributed by atoms with Gasteiger partial charge in [0.1, 0.15) is 0 Å².